The van der Waals surface area contributed by atoms with E-state index in [1.165, 1.54) is 6.08 Å². The number of halogens is 1. The maximum atomic E-state index is 4.87. The van der Waals surface area contributed by atoms with Crippen LogP contribution < -0.4 is 0 Å². The third-order valence-electron chi connectivity index (χ3n) is 0.157. The van der Waals surface area contributed by atoms with Crippen molar-refractivity contribution in [2.75, 3.05) is 0 Å². The summed E-state index contributed by atoms with van der Waals surface area (Å²) >= 11 is 4.87. The lowest BCUT2D eigenvalue weighted by Crippen LogP contribution is -1.31. The molecule has 0 unspecified atom stereocenters. The molecule has 0 saturated heterocycles. The van der Waals surface area contributed by atoms with Gasteiger partial charge in [0.1, 0.15) is 0 Å². The van der Waals surface area contributed by atoms with Crippen molar-refractivity contribution in [2.45, 2.75) is 0 Å². The Morgan fingerprint density at radius 1 is 1.80 bits per heavy atom. The summed E-state index contributed by atoms with van der Waals surface area (Å²) in [5, 5.41) is 2.12. The molecule has 0 fully saturated rings. The highest BCUT2D eigenvalue weighted by Gasteiger charge is 1.39. The Bertz CT molecular complexity index is 73.4. The van der Waals surface area contributed by atoms with E-state index in [0.717, 1.165) is 0 Å². The first-order valence-corrected chi connectivity index (χ1v) is 1.51. The fourth-order valence-corrected chi connectivity index (χ4v) is 0.116. The first-order valence-electron chi connectivity index (χ1n) is 1.14. The highest BCUT2D eigenvalue weighted by Crippen LogP contribution is 1.60. The second kappa shape index (κ2) is 3.59. The van der Waals surface area contributed by atoms with Crippen molar-refractivity contribution in [3.8, 4) is 11.3 Å². The average molecular weight is 86.5 g/mol. The van der Waals surface area contributed by atoms with Crippen molar-refractivity contribution < 1.29 is 0 Å². The fraction of sp³-hybridized carbons (Fsp3) is 0. The lowest BCUT2D eigenvalue weighted by Gasteiger charge is -1.45. The van der Waals surface area contributed by atoms with Gasteiger partial charge >= 0.3 is 0 Å². The molecule has 0 nitrogen and oxygen atoms in total. The summed E-state index contributed by atoms with van der Waals surface area (Å²) < 4.78 is 0. The Balaban J connectivity index is 3.16. The SMILES string of the molecule is C=CC#CCl. The lowest BCUT2D eigenvalue weighted by atomic mass is 10.7. The zero-order chi connectivity index (χ0) is 4.12. The molecule has 0 heterocycles. The van der Waals surface area contributed by atoms with E-state index in [-0.39, 0.29) is 0 Å². The van der Waals surface area contributed by atoms with Gasteiger partial charge in [-0.1, -0.05) is 12.5 Å². The van der Waals surface area contributed by atoms with Crippen LogP contribution in [0.15, 0.2) is 12.7 Å². The zero-order valence-electron chi connectivity index (χ0n) is 2.66. The van der Waals surface area contributed by atoms with Crippen LogP contribution in [-0.4, -0.2) is 0 Å². The number of hydrogen-bond acceptors (Lipinski definition) is 0. The molecule has 0 N–H and O–H groups in total. The molecule has 0 bridgehead atoms. The number of allylic oxidation sites excluding steroid dienone is 1. The zero-order valence-corrected chi connectivity index (χ0v) is 3.42. The smallest absolute Gasteiger partial charge is 0.00887 e. The van der Waals surface area contributed by atoms with Crippen LogP contribution in [0.2, 0.25) is 0 Å². The third-order valence-corrected chi connectivity index (χ3v) is 0.266. The Labute approximate surface area is 36.4 Å². The molecule has 0 amide bonds. The van der Waals surface area contributed by atoms with Gasteiger partial charge in [-0.25, -0.2) is 0 Å². The van der Waals surface area contributed by atoms with Gasteiger partial charge in [0.2, 0.25) is 0 Å². The summed E-state index contributed by atoms with van der Waals surface area (Å²) in [5.74, 6) is 2.39. The second-order valence-electron chi connectivity index (χ2n) is 0.443. The monoisotopic (exact) mass is 86.0 g/mol. The second-order valence-corrected chi connectivity index (χ2v) is 0.632. The van der Waals surface area contributed by atoms with Crippen molar-refractivity contribution in [2.24, 2.45) is 0 Å². The molecule has 0 atom stereocenters. The van der Waals surface area contributed by atoms with Gasteiger partial charge < -0.3 is 0 Å². The quantitative estimate of drug-likeness (QED) is 0.391. The topological polar surface area (TPSA) is 0 Å². The van der Waals surface area contributed by atoms with Gasteiger partial charge in [-0.05, 0) is 17.7 Å². The lowest BCUT2D eigenvalue weighted by molar-refractivity contribution is 2.33. The summed E-state index contributed by atoms with van der Waals surface area (Å²) in [5.41, 5.74) is 0. The maximum Gasteiger partial charge on any atom is 0.00887 e. The first-order chi connectivity index (χ1) is 2.41. The molecule has 5 heavy (non-hydrogen) atoms. The summed E-state index contributed by atoms with van der Waals surface area (Å²) in [6.45, 7) is 3.29. The largest absolute Gasteiger partial charge is 0.0906 e. The molecule has 0 aliphatic carbocycles. The van der Waals surface area contributed by atoms with Crippen molar-refractivity contribution >= 4 is 11.6 Å². The van der Waals surface area contributed by atoms with E-state index in [4.69, 9.17) is 11.6 Å². The highest BCUT2D eigenvalue weighted by atomic mass is 35.5. The molecule has 0 aromatic carbocycles. The van der Waals surface area contributed by atoms with Crippen LogP contribution in [0.25, 0.3) is 0 Å². The summed E-state index contributed by atoms with van der Waals surface area (Å²) in [7, 11) is 0. The summed E-state index contributed by atoms with van der Waals surface area (Å²) in [6.07, 6.45) is 1.44. The van der Waals surface area contributed by atoms with Gasteiger partial charge in [0, 0.05) is 5.38 Å². The van der Waals surface area contributed by atoms with Crippen molar-refractivity contribution in [3.05, 3.63) is 12.7 Å². The van der Waals surface area contributed by atoms with E-state index in [9.17, 15) is 0 Å². The molecule has 0 aromatic rings. The third kappa shape index (κ3) is 3.59. The molecule has 26 valence electrons. The highest BCUT2D eigenvalue weighted by molar-refractivity contribution is 6.30. The van der Waals surface area contributed by atoms with E-state index >= 15 is 0 Å². The van der Waals surface area contributed by atoms with E-state index in [1.807, 2.05) is 0 Å². The van der Waals surface area contributed by atoms with Crippen molar-refractivity contribution in [1.29, 1.82) is 0 Å². The van der Waals surface area contributed by atoms with Gasteiger partial charge in [-0.2, -0.15) is 0 Å². The van der Waals surface area contributed by atoms with Crippen LogP contribution in [0.5, 0.6) is 0 Å². The molecule has 0 aliphatic rings. The first kappa shape index (κ1) is 4.59. The Morgan fingerprint density at radius 2 is 2.40 bits per heavy atom. The normalized spacial score (nSPS) is 4.20. The van der Waals surface area contributed by atoms with Crippen LogP contribution in [0.1, 0.15) is 0 Å². The Kier molecular flexibility index (Phi) is 3.30. The van der Waals surface area contributed by atoms with Gasteiger partial charge in [0.15, 0.2) is 0 Å². The van der Waals surface area contributed by atoms with Crippen LogP contribution >= 0.6 is 11.6 Å². The fourth-order valence-electron chi connectivity index (χ4n) is 0.0386. The van der Waals surface area contributed by atoms with Crippen LogP contribution in [-0.2, 0) is 0 Å². The maximum absolute atomic E-state index is 4.87. The van der Waals surface area contributed by atoms with E-state index in [1.54, 1.807) is 0 Å². The predicted molar refractivity (Wildman–Crippen MR) is 23.8 cm³/mol. The number of hydrogen-bond donors (Lipinski definition) is 0. The molecule has 0 radical (unpaired) electrons. The van der Waals surface area contributed by atoms with Crippen molar-refractivity contribution in [1.82, 2.24) is 0 Å². The molecular formula is C4H3Cl. The van der Waals surface area contributed by atoms with Crippen molar-refractivity contribution in [3.63, 3.8) is 0 Å². The standard InChI is InChI=1S/C4H3Cl/c1-2-3-4-5/h2H,1H2. The Hall–Kier alpha value is -0.410. The number of rotatable bonds is 0. The molecular weight excluding hydrogens is 83.5 g/mol. The summed E-state index contributed by atoms with van der Waals surface area (Å²) in [4.78, 5) is 0. The van der Waals surface area contributed by atoms with Crippen LogP contribution in [0.3, 0.4) is 0 Å². The molecule has 0 saturated carbocycles. The van der Waals surface area contributed by atoms with Gasteiger partial charge in [-0.3, -0.25) is 0 Å². The predicted octanol–water partition coefficient (Wildman–Crippen LogP) is 1.37. The molecule has 0 rings (SSSR count). The van der Waals surface area contributed by atoms with Crippen LogP contribution in [0.4, 0.5) is 0 Å². The van der Waals surface area contributed by atoms with E-state index in [2.05, 4.69) is 17.9 Å². The average Bonchev–Trinajstić information content (AvgIpc) is 1.41. The van der Waals surface area contributed by atoms with Gasteiger partial charge in [-0.15, -0.1) is 0 Å². The molecule has 0 aromatic heterocycles. The molecule has 1 heteroatoms. The summed E-state index contributed by atoms with van der Waals surface area (Å²) in [6, 6.07) is 0. The van der Waals surface area contributed by atoms with E-state index in [0.29, 0.717) is 0 Å². The van der Waals surface area contributed by atoms with Gasteiger partial charge in [0.05, 0.1) is 0 Å². The Morgan fingerprint density at radius 3 is 2.40 bits per heavy atom. The minimum absolute atomic E-state index is 1.44. The van der Waals surface area contributed by atoms with E-state index < -0.39 is 0 Å². The minimum atomic E-state index is 1.44. The van der Waals surface area contributed by atoms with Crippen LogP contribution in [0, 0.1) is 11.3 Å². The van der Waals surface area contributed by atoms with Gasteiger partial charge in [0.25, 0.3) is 0 Å². The molecule has 0 spiro atoms. The minimum Gasteiger partial charge on any atom is -0.0906 e. The molecule has 0 aliphatic heterocycles.